The van der Waals surface area contributed by atoms with Crippen molar-refractivity contribution in [2.24, 2.45) is 11.7 Å². The Morgan fingerprint density at radius 1 is 1.47 bits per heavy atom. The Bertz CT molecular complexity index is 388. The molecule has 17 heavy (non-hydrogen) atoms. The minimum atomic E-state index is -0.101. The van der Waals surface area contributed by atoms with Gasteiger partial charge >= 0.3 is 0 Å². The molecule has 2 N–H and O–H groups in total. The van der Waals surface area contributed by atoms with Crippen molar-refractivity contribution in [2.45, 2.75) is 26.7 Å². The lowest BCUT2D eigenvalue weighted by molar-refractivity contribution is 0.0914. The summed E-state index contributed by atoms with van der Waals surface area (Å²) in [5, 5.41) is 0. The van der Waals surface area contributed by atoms with Crippen molar-refractivity contribution >= 4 is 5.78 Å². The van der Waals surface area contributed by atoms with Crippen LogP contribution in [0.4, 0.5) is 0 Å². The molecule has 0 aliphatic heterocycles. The lowest BCUT2D eigenvalue weighted by Gasteiger charge is -2.15. The minimum absolute atomic E-state index is 0.0925. The van der Waals surface area contributed by atoms with Gasteiger partial charge in [-0.3, -0.25) is 4.79 Å². The van der Waals surface area contributed by atoms with E-state index in [1.54, 1.807) is 7.11 Å². The van der Waals surface area contributed by atoms with Crippen molar-refractivity contribution in [2.75, 3.05) is 13.7 Å². The van der Waals surface area contributed by atoms with Crippen LogP contribution in [0.1, 0.15) is 35.7 Å². The molecule has 0 radical (unpaired) electrons. The lowest BCUT2D eigenvalue weighted by atomic mass is 9.92. The Labute approximate surface area is 103 Å². The number of benzene rings is 1. The Morgan fingerprint density at radius 2 is 2.18 bits per heavy atom. The summed E-state index contributed by atoms with van der Waals surface area (Å²) in [6.07, 6.45) is 1.79. The lowest BCUT2D eigenvalue weighted by Crippen LogP contribution is -2.24. The Kier molecular flexibility index (Phi) is 5.16. The second-order valence-electron chi connectivity index (χ2n) is 4.29. The molecule has 0 saturated heterocycles. The van der Waals surface area contributed by atoms with Crippen molar-refractivity contribution in [3.8, 4) is 5.75 Å². The van der Waals surface area contributed by atoms with Crippen LogP contribution < -0.4 is 10.5 Å². The zero-order chi connectivity index (χ0) is 12.8. The molecular weight excluding hydrogens is 214 g/mol. The van der Waals surface area contributed by atoms with E-state index in [9.17, 15) is 4.79 Å². The summed E-state index contributed by atoms with van der Waals surface area (Å²) < 4.78 is 5.23. The molecule has 1 aromatic carbocycles. The van der Waals surface area contributed by atoms with E-state index in [0.29, 0.717) is 17.9 Å². The quantitative estimate of drug-likeness (QED) is 0.771. The highest BCUT2D eigenvalue weighted by atomic mass is 16.5. The number of ether oxygens (including phenoxy) is 1. The third-order valence-electron chi connectivity index (χ3n) is 2.91. The molecular formula is C14H21NO2. The number of carbonyl (C=O) groups is 1. The van der Waals surface area contributed by atoms with Gasteiger partial charge in [0.05, 0.1) is 12.7 Å². The smallest absolute Gasteiger partial charge is 0.170 e. The first-order valence-electron chi connectivity index (χ1n) is 6.03. The highest BCUT2D eigenvalue weighted by molar-refractivity contribution is 6.00. The fourth-order valence-electron chi connectivity index (χ4n) is 1.94. The summed E-state index contributed by atoms with van der Waals surface area (Å²) in [7, 11) is 1.58. The molecule has 3 nitrogen and oxygen atoms in total. The van der Waals surface area contributed by atoms with Crippen LogP contribution in [-0.4, -0.2) is 19.4 Å². The SMILES string of the molecule is CCCC(CN)C(=O)c1cc(C)ccc1OC. The van der Waals surface area contributed by atoms with Crippen LogP contribution in [0.2, 0.25) is 0 Å². The second-order valence-corrected chi connectivity index (χ2v) is 4.29. The van der Waals surface area contributed by atoms with Crippen molar-refractivity contribution in [1.82, 2.24) is 0 Å². The van der Waals surface area contributed by atoms with Crippen molar-refractivity contribution in [1.29, 1.82) is 0 Å². The average molecular weight is 235 g/mol. The normalized spacial score (nSPS) is 12.2. The molecule has 3 heteroatoms. The topological polar surface area (TPSA) is 52.3 Å². The van der Waals surface area contributed by atoms with E-state index in [0.717, 1.165) is 18.4 Å². The number of carbonyl (C=O) groups excluding carboxylic acids is 1. The molecule has 0 aliphatic carbocycles. The fraction of sp³-hybridized carbons (Fsp3) is 0.500. The van der Waals surface area contributed by atoms with Crippen LogP contribution in [0.3, 0.4) is 0 Å². The van der Waals surface area contributed by atoms with Gasteiger partial charge in [-0.1, -0.05) is 25.0 Å². The van der Waals surface area contributed by atoms with Crippen LogP contribution >= 0.6 is 0 Å². The number of aryl methyl sites for hydroxylation is 1. The third-order valence-corrected chi connectivity index (χ3v) is 2.91. The fourth-order valence-corrected chi connectivity index (χ4v) is 1.94. The first kappa shape index (κ1) is 13.7. The van der Waals surface area contributed by atoms with E-state index in [1.165, 1.54) is 0 Å². The van der Waals surface area contributed by atoms with Crippen LogP contribution in [0.15, 0.2) is 18.2 Å². The molecule has 1 atom stereocenters. The summed E-state index contributed by atoms with van der Waals surface area (Å²) in [5.41, 5.74) is 7.37. The van der Waals surface area contributed by atoms with Gasteiger partial charge in [0.2, 0.25) is 0 Å². The van der Waals surface area contributed by atoms with E-state index < -0.39 is 0 Å². The molecule has 0 bridgehead atoms. The molecule has 94 valence electrons. The standard InChI is InChI=1S/C14H21NO2/c1-4-5-11(9-15)14(16)12-8-10(2)6-7-13(12)17-3/h6-8,11H,4-5,9,15H2,1-3H3. The van der Waals surface area contributed by atoms with Gasteiger partial charge in [-0.25, -0.2) is 0 Å². The summed E-state index contributed by atoms with van der Waals surface area (Å²) in [6, 6.07) is 5.65. The number of hydrogen-bond acceptors (Lipinski definition) is 3. The number of ketones is 1. The maximum Gasteiger partial charge on any atom is 0.170 e. The molecule has 0 aromatic heterocycles. The minimum Gasteiger partial charge on any atom is -0.496 e. The van der Waals surface area contributed by atoms with Crippen LogP contribution in [0, 0.1) is 12.8 Å². The number of rotatable bonds is 6. The first-order chi connectivity index (χ1) is 8.13. The second kappa shape index (κ2) is 6.40. The van der Waals surface area contributed by atoms with Gasteiger partial charge in [-0.2, -0.15) is 0 Å². The largest absolute Gasteiger partial charge is 0.496 e. The maximum atomic E-state index is 12.3. The first-order valence-corrected chi connectivity index (χ1v) is 6.03. The molecule has 0 spiro atoms. The van der Waals surface area contributed by atoms with Gasteiger partial charge in [-0.15, -0.1) is 0 Å². The summed E-state index contributed by atoms with van der Waals surface area (Å²) in [4.78, 5) is 12.3. The average Bonchev–Trinajstić information content (AvgIpc) is 2.35. The molecule has 0 saturated carbocycles. The van der Waals surface area contributed by atoms with Gasteiger partial charge in [-0.05, 0) is 25.5 Å². The van der Waals surface area contributed by atoms with Crippen LogP contribution in [0.5, 0.6) is 5.75 Å². The zero-order valence-corrected chi connectivity index (χ0v) is 10.8. The van der Waals surface area contributed by atoms with E-state index in [1.807, 2.05) is 25.1 Å². The highest BCUT2D eigenvalue weighted by Crippen LogP contribution is 2.24. The highest BCUT2D eigenvalue weighted by Gasteiger charge is 2.21. The maximum absolute atomic E-state index is 12.3. The third kappa shape index (κ3) is 3.30. The summed E-state index contributed by atoms with van der Waals surface area (Å²) >= 11 is 0. The molecule has 0 aliphatic rings. The molecule has 0 fully saturated rings. The summed E-state index contributed by atoms with van der Waals surface area (Å²) in [6.45, 7) is 4.42. The van der Waals surface area contributed by atoms with Crippen LogP contribution in [-0.2, 0) is 0 Å². The number of Topliss-reactive ketones (excluding diaryl/α,β-unsaturated/α-hetero) is 1. The molecule has 1 aromatic rings. The van der Waals surface area contributed by atoms with E-state index in [-0.39, 0.29) is 11.7 Å². The zero-order valence-electron chi connectivity index (χ0n) is 10.8. The summed E-state index contributed by atoms with van der Waals surface area (Å²) in [5.74, 6) is 0.626. The van der Waals surface area contributed by atoms with Gasteiger partial charge < -0.3 is 10.5 Å². The monoisotopic (exact) mass is 235 g/mol. The Balaban J connectivity index is 3.04. The van der Waals surface area contributed by atoms with Crippen LogP contribution in [0.25, 0.3) is 0 Å². The van der Waals surface area contributed by atoms with E-state index in [2.05, 4.69) is 6.92 Å². The predicted octanol–water partition coefficient (Wildman–Crippen LogP) is 2.56. The Hall–Kier alpha value is -1.35. The van der Waals surface area contributed by atoms with Gasteiger partial charge in [0.15, 0.2) is 5.78 Å². The molecule has 1 rings (SSSR count). The Morgan fingerprint density at radius 3 is 2.71 bits per heavy atom. The van der Waals surface area contributed by atoms with Gasteiger partial charge in [0, 0.05) is 12.5 Å². The van der Waals surface area contributed by atoms with E-state index >= 15 is 0 Å². The number of hydrogen-bond donors (Lipinski definition) is 1. The predicted molar refractivity (Wildman–Crippen MR) is 69.5 cm³/mol. The van der Waals surface area contributed by atoms with Crippen molar-refractivity contribution < 1.29 is 9.53 Å². The number of nitrogens with two attached hydrogens (primary N) is 1. The number of methoxy groups -OCH3 is 1. The van der Waals surface area contributed by atoms with E-state index in [4.69, 9.17) is 10.5 Å². The van der Waals surface area contributed by atoms with Gasteiger partial charge in [0.25, 0.3) is 0 Å². The molecule has 1 unspecified atom stereocenters. The van der Waals surface area contributed by atoms with Crippen molar-refractivity contribution in [3.63, 3.8) is 0 Å². The van der Waals surface area contributed by atoms with Gasteiger partial charge in [0.1, 0.15) is 5.75 Å². The van der Waals surface area contributed by atoms with Crippen molar-refractivity contribution in [3.05, 3.63) is 29.3 Å². The molecule has 0 amide bonds. The molecule has 0 heterocycles.